The van der Waals surface area contributed by atoms with Gasteiger partial charge in [-0.3, -0.25) is 4.79 Å². The lowest BCUT2D eigenvalue weighted by molar-refractivity contribution is -0.123. The molecule has 0 aromatic heterocycles. The van der Waals surface area contributed by atoms with Crippen LogP contribution >= 0.6 is 0 Å². The van der Waals surface area contributed by atoms with E-state index >= 15 is 0 Å². The molecular weight excluding hydrogens is 364 g/mol. The van der Waals surface area contributed by atoms with Crippen molar-refractivity contribution in [3.63, 3.8) is 0 Å². The van der Waals surface area contributed by atoms with Crippen LogP contribution in [-0.2, 0) is 14.8 Å². The molecule has 1 fully saturated rings. The Morgan fingerprint density at radius 2 is 2.07 bits per heavy atom. The molecule has 0 bridgehead atoms. The molecule has 0 spiro atoms. The zero-order valence-corrected chi connectivity index (χ0v) is 16.6. The van der Waals surface area contributed by atoms with Crippen LogP contribution in [0.15, 0.2) is 34.7 Å². The van der Waals surface area contributed by atoms with Crippen LogP contribution in [0.2, 0.25) is 0 Å². The van der Waals surface area contributed by atoms with E-state index in [0.29, 0.717) is 17.9 Å². The zero-order valence-electron chi connectivity index (χ0n) is 15.8. The van der Waals surface area contributed by atoms with Gasteiger partial charge in [0.15, 0.2) is 6.61 Å². The lowest BCUT2D eigenvalue weighted by atomic mass is 9.97. The van der Waals surface area contributed by atoms with Gasteiger partial charge in [-0.15, -0.1) is 0 Å². The van der Waals surface area contributed by atoms with Crippen LogP contribution in [0, 0.1) is 6.92 Å². The van der Waals surface area contributed by atoms with Crippen LogP contribution in [-0.4, -0.2) is 33.5 Å². The maximum Gasteiger partial charge on any atom is 0.257 e. The van der Waals surface area contributed by atoms with Gasteiger partial charge in [0.25, 0.3) is 5.91 Å². The molecule has 1 aromatic rings. The fraction of sp³-hybridized carbons (Fsp3) is 0.550. The molecule has 6 nitrogen and oxygen atoms in total. The van der Waals surface area contributed by atoms with Crippen LogP contribution in [0.4, 0.5) is 0 Å². The topological polar surface area (TPSA) is 84.5 Å². The molecule has 0 saturated heterocycles. The third-order valence-corrected chi connectivity index (χ3v) is 6.39. The summed E-state index contributed by atoms with van der Waals surface area (Å²) in [6.07, 6.45) is 9.75. The number of hydrogen-bond donors (Lipinski definition) is 2. The number of nitrogens with one attached hydrogen (secondary N) is 2. The van der Waals surface area contributed by atoms with Gasteiger partial charge in [-0.1, -0.05) is 11.6 Å². The summed E-state index contributed by atoms with van der Waals surface area (Å²) in [6.45, 7) is 2.32. The van der Waals surface area contributed by atoms with Crippen molar-refractivity contribution < 1.29 is 17.9 Å². The lowest BCUT2D eigenvalue weighted by Gasteiger charge is -2.14. The van der Waals surface area contributed by atoms with Crippen LogP contribution in [0.3, 0.4) is 0 Å². The molecule has 2 aliphatic rings. The lowest BCUT2D eigenvalue weighted by Crippen LogP contribution is -2.30. The Labute approximate surface area is 161 Å². The van der Waals surface area contributed by atoms with Crippen LogP contribution in [0.5, 0.6) is 5.75 Å². The second-order valence-corrected chi connectivity index (χ2v) is 9.03. The Hall–Kier alpha value is -1.86. The van der Waals surface area contributed by atoms with E-state index in [1.54, 1.807) is 19.1 Å². The Morgan fingerprint density at radius 1 is 1.26 bits per heavy atom. The van der Waals surface area contributed by atoms with Crippen molar-refractivity contribution in [1.82, 2.24) is 10.0 Å². The smallest absolute Gasteiger partial charge is 0.257 e. The molecule has 0 heterocycles. The SMILES string of the molecule is Cc1cc(S(=O)(=O)NC2CC2)ccc1OCC(=O)NCCC1=CCCCC1. The first-order valence-corrected chi connectivity index (χ1v) is 11.1. The van der Waals surface area contributed by atoms with E-state index < -0.39 is 10.0 Å². The molecule has 0 radical (unpaired) electrons. The van der Waals surface area contributed by atoms with Crippen LogP contribution in [0.1, 0.15) is 50.5 Å². The largest absolute Gasteiger partial charge is 0.484 e. The number of ether oxygens (including phenoxy) is 1. The molecule has 0 atom stereocenters. The summed E-state index contributed by atoms with van der Waals surface area (Å²) >= 11 is 0. The minimum absolute atomic E-state index is 0.0688. The quantitative estimate of drug-likeness (QED) is 0.633. The predicted octanol–water partition coefficient (Wildman–Crippen LogP) is 2.82. The standard InChI is InChI=1S/C20H28N2O4S/c1-15-13-18(27(24,25)22-17-7-8-17)9-10-19(15)26-14-20(23)21-12-11-16-5-3-2-4-6-16/h5,9-10,13,17,22H,2-4,6-8,11-12,14H2,1H3,(H,21,23). The highest BCUT2D eigenvalue weighted by molar-refractivity contribution is 7.89. The first kappa shape index (κ1) is 19.9. The summed E-state index contributed by atoms with van der Waals surface area (Å²) in [5.74, 6) is 0.350. The molecule has 1 saturated carbocycles. The summed E-state index contributed by atoms with van der Waals surface area (Å²) in [7, 11) is -3.48. The summed E-state index contributed by atoms with van der Waals surface area (Å²) < 4.78 is 32.7. The van der Waals surface area contributed by atoms with E-state index in [-0.39, 0.29) is 23.5 Å². The summed E-state index contributed by atoms with van der Waals surface area (Å²) in [6, 6.07) is 4.77. The third kappa shape index (κ3) is 6.07. The van der Waals surface area contributed by atoms with Crippen molar-refractivity contribution in [1.29, 1.82) is 0 Å². The first-order chi connectivity index (χ1) is 12.9. The fourth-order valence-corrected chi connectivity index (χ4v) is 4.52. The highest BCUT2D eigenvalue weighted by Crippen LogP contribution is 2.25. The third-order valence-electron chi connectivity index (χ3n) is 4.87. The van der Waals surface area contributed by atoms with E-state index in [9.17, 15) is 13.2 Å². The van der Waals surface area contributed by atoms with Gasteiger partial charge in [-0.25, -0.2) is 13.1 Å². The average Bonchev–Trinajstić information content (AvgIpc) is 3.45. The normalized spacial score (nSPS) is 17.3. The van der Waals surface area contributed by atoms with Gasteiger partial charge < -0.3 is 10.1 Å². The maximum atomic E-state index is 12.2. The minimum atomic E-state index is -3.48. The molecule has 0 aliphatic heterocycles. The van der Waals surface area contributed by atoms with Crippen LogP contribution in [0.25, 0.3) is 0 Å². The number of carbonyl (C=O) groups is 1. The molecule has 1 aromatic carbocycles. The number of allylic oxidation sites excluding steroid dienone is 1. The zero-order chi connectivity index (χ0) is 19.3. The Bertz CT molecular complexity index is 813. The highest BCUT2D eigenvalue weighted by atomic mass is 32.2. The first-order valence-electron chi connectivity index (χ1n) is 9.64. The maximum absolute atomic E-state index is 12.2. The number of rotatable bonds is 9. The highest BCUT2D eigenvalue weighted by Gasteiger charge is 2.28. The Balaban J connectivity index is 1.45. The number of sulfonamides is 1. The van der Waals surface area contributed by atoms with Gasteiger partial charge in [-0.2, -0.15) is 0 Å². The second kappa shape index (κ2) is 8.89. The van der Waals surface area contributed by atoms with Crippen molar-refractivity contribution in [2.24, 2.45) is 0 Å². The summed E-state index contributed by atoms with van der Waals surface area (Å²) in [5, 5.41) is 2.87. The van der Waals surface area contributed by atoms with Gasteiger partial charge in [0, 0.05) is 12.6 Å². The molecule has 0 unspecified atom stereocenters. The van der Waals surface area contributed by atoms with E-state index in [2.05, 4.69) is 16.1 Å². The van der Waals surface area contributed by atoms with Gasteiger partial charge >= 0.3 is 0 Å². The second-order valence-electron chi connectivity index (χ2n) is 7.32. The number of hydrogen-bond acceptors (Lipinski definition) is 4. The minimum Gasteiger partial charge on any atom is -0.484 e. The molecule has 2 aliphatic carbocycles. The number of carbonyl (C=O) groups excluding carboxylic acids is 1. The number of aryl methyl sites for hydroxylation is 1. The van der Waals surface area contributed by atoms with Gasteiger partial charge in [0.1, 0.15) is 5.75 Å². The van der Waals surface area contributed by atoms with Crippen molar-refractivity contribution >= 4 is 15.9 Å². The number of benzene rings is 1. The Kier molecular flexibility index (Phi) is 6.55. The number of amides is 1. The van der Waals surface area contributed by atoms with Gasteiger partial charge in [-0.05, 0) is 75.6 Å². The summed E-state index contributed by atoms with van der Waals surface area (Å²) in [4.78, 5) is 12.2. The van der Waals surface area contributed by atoms with E-state index in [0.717, 1.165) is 32.1 Å². The molecule has 3 rings (SSSR count). The molecule has 7 heteroatoms. The monoisotopic (exact) mass is 392 g/mol. The molecular formula is C20H28N2O4S. The molecule has 148 valence electrons. The van der Waals surface area contributed by atoms with Crippen LogP contribution < -0.4 is 14.8 Å². The van der Waals surface area contributed by atoms with Crippen molar-refractivity contribution in [2.75, 3.05) is 13.2 Å². The van der Waals surface area contributed by atoms with Crippen molar-refractivity contribution in [2.45, 2.75) is 62.8 Å². The van der Waals surface area contributed by atoms with E-state index in [1.807, 2.05) is 0 Å². The molecule has 27 heavy (non-hydrogen) atoms. The molecule has 1 amide bonds. The van der Waals surface area contributed by atoms with Crippen molar-refractivity contribution in [3.05, 3.63) is 35.4 Å². The van der Waals surface area contributed by atoms with Crippen molar-refractivity contribution in [3.8, 4) is 5.75 Å². The molecule has 2 N–H and O–H groups in total. The van der Waals surface area contributed by atoms with Gasteiger partial charge in [0.05, 0.1) is 4.90 Å². The fourth-order valence-electron chi connectivity index (χ4n) is 3.13. The van der Waals surface area contributed by atoms with E-state index in [1.165, 1.54) is 24.5 Å². The Morgan fingerprint density at radius 3 is 2.74 bits per heavy atom. The summed E-state index contributed by atoms with van der Waals surface area (Å²) in [5.41, 5.74) is 2.11. The predicted molar refractivity (Wildman–Crippen MR) is 104 cm³/mol. The van der Waals surface area contributed by atoms with Gasteiger partial charge in [0.2, 0.25) is 10.0 Å². The van der Waals surface area contributed by atoms with E-state index in [4.69, 9.17) is 4.74 Å². The average molecular weight is 393 g/mol.